The van der Waals surface area contributed by atoms with Crippen LogP contribution in [0.5, 0.6) is 0 Å². The van der Waals surface area contributed by atoms with E-state index in [0.29, 0.717) is 24.3 Å². The highest BCUT2D eigenvalue weighted by Crippen LogP contribution is 2.13. The van der Waals surface area contributed by atoms with Gasteiger partial charge in [0, 0.05) is 20.6 Å². The fourth-order valence-corrected chi connectivity index (χ4v) is 4.71. The van der Waals surface area contributed by atoms with E-state index in [-0.39, 0.29) is 23.5 Å². The number of fused-ring (bicyclic) bond motifs is 1. The second-order valence-electron chi connectivity index (χ2n) is 8.74. The van der Waals surface area contributed by atoms with Crippen LogP contribution in [-0.4, -0.2) is 44.0 Å². The Morgan fingerprint density at radius 1 is 1.06 bits per heavy atom. The SMILES string of the molecule is C[C@@H]1C[NH+](Cc2nc3c(c(=O)n(C)c(=O)n3C)n2CCCc2ccccc2)C[C@H](C)O1. The van der Waals surface area contributed by atoms with Crippen LogP contribution in [0, 0.1) is 0 Å². The van der Waals surface area contributed by atoms with E-state index in [1.165, 1.54) is 26.6 Å². The minimum atomic E-state index is -0.348. The van der Waals surface area contributed by atoms with E-state index in [0.717, 1.165) is 31.8 Å². The van der Waals surface area contributed by atoms with Gasteiger partial charge in [-0.05, 0) is 32.3 Å². The summed E-state index contributed by atoms with van der Waals surface area (Å²) >= 11 is 0. The maximum atomic E-state index is 13.0. The number of imidazole rings is 1. The van der Waals surface area contributed by atoms with E-state index in [1.54, 1.807) is 7.05 Å². The molecule has 3 atom stereocenters. The highest BCUT2D eigenvalue weighted by molar-refractivity contribution is 5.71. The van der Waals surface area contributed by atoms with Gasteiger partial charge in [0.1, 0.15) is 31.8 Å². The zero-order chi connectivity index (χ0) is 22.1. The Bertz CT molecular complexity index is 1170. The third-order valence-corrected chi connectivity index (χ3v) is 6.14. The maximum Gasteiger partial charge on any atom is 0.332 e. The zero-order valence-electron chi connectivity index (χ0n) is 18.8. The summed E-state index contributed by atoms with van der Waals surface area (Å²) in [5.74, 6) is 0.859. The van der Waals surface area contributed by atoms with Gasteiger partial charge in [0.05, 0.1) is 0 Å². The van der Waals surface area contributed by atoms with E-state index < -0.39 is 0 Å². The van der Waals surface area contributed by atoms with Crippen molar-refractivity contribution in [3.63, 3.8) is 0 Å². The van der Waals surface area contributed by atoms with Crippen LogP contribution < -0.4 is 16.1 Å². The van der Waals surface area contributed by atoms with E-state index >= 15 is 0 Å². The van der Waals surface area contributed by atoms with Crippen LogP contribution in [0.1, 0.15) is 31.7 Å². The summed E-state index contributed by atoms with van der Waals surface area (Å²) in [6.45, 7) is 7.37. The highest BCUT2D eigenvalue weighted by atomic mass is 16.5. The molecule has 1 saturated heterocycles. The molecule has 0 spiro atoms. The molecule has 1 aromatic carbocycles. The van der Waals surface area contributed by atoms with Gasteiger partial charge in [0.15, 0.2) is 17.0 Å². The van der Waals surface area contributed by atoms with Crippen molar-refractivity contribution in [2.75, 3.05) is 13.1 Å². The van der Waals surface area contributed by atoms with Crippen molar-refractivity contribution in [2.45, 2.75) is 52.0 Å². The van der Waals surface area contributed by atoms with Crippen molar-refractivity contribution in [2.24, 2.45) is 14.1 Å². The minimum absolute atomic E-state index is 0.187. The van der Waals surface area contributed by atoms with E-state index in [4.69, 9.17) is 9.72 Å². The van der Waals surface area contributed by atoms with Crippen LogP contribution in [0.25, 0.3) is 11.2 Å². The first-order chi connectivity index (χ1) is 14.8. The van der Waals surface area contributed by atoms with Gasteiger partial charge in [-0.1, -0.05) is 30.3 Å². The molecule has 1 aliphatic heterocycles. The molecule has 31 heavy (non-hydrogen) atoms. The van der Waals surface area contributed by atoms with Crippen molar-refractivity contribution in [3.8, 4) is 0 Å². The Balaban J connectivity index is 1.70. The molecule has 1 fully saturated rings. The average molecular weight is 427 g/mol. The van der Waals surface area contributed by atoms with Gasteiger partial charge in [0.2, 0.25) is 0 Å². The second-order valence-corrected chi connectivity index (χ2v) is 8.74. The molecule has 0 radical (unpaired) electrons. The minimum Gasteiger partial charge on any atom is -0.364 e. The smallest absolute Gasteiger partial charge is 0.332 e. The maximum absolute atomic E-state index is 13.0. The van der Waals surface area contributed by atoms with Crippen molar-refractivity contribution in [1.82, 2.24) is 18.7 Å². The number of benzene rings is 1. The molecule has 1 N–H and O–H groups in total. The van der Waals surface area contributed by atoms with E-state index in [2.05, 4.69) is 26.0 Å². The fraction of sp³-hybridized carbons (Fsp3) is 0.522. The van der Waals surface area contributed by atoms with Crippen LogP contribution in [-0.2, 0) is 38.3 Å². The second kappa shape index (κ2) is 8.80. The third kappa shape index (κ3) is 4.36. The first-order valence-corrected chi connectivity index (χ1v) is 11.0. The number of nitrogens with one attached hydrogen (secondary N) is 1. The zero-order valence-corrected chi connectivity index (χ0v) is 18.8. The molecule has 0 bridgehead atoms. The lowest BCUT2D eigenvalue weighted by atomic mass is 10.1. The molecule has 0 aliphatic carbocycles. The fourth-order valence-electron chi connectivity index (χ4n) is 4.71. The van der Waals surface area contributed by atoms with Gasteiger partial charge in [-0.3, -0.25) is 13.9 Å². The summed E-state index contributed by atoms with van der Waals surface area (Å²) in [7, 11) is 3.21. The Kier molecular flexibility index (Phi) is 6.11. The molecule has 0 amide bonds. The largest absolute Gasteiger partial charge is 0.364 e. The van der Waals surface area contributed by atoms with Crippen LogP contribution in [0.15, 0.2) is 39.9 Å². The van der Waals surface area contributed by atoms with Crippen LogP contribution in [0.2, 0.25) is 0 Å². The molecule has 0 saturated carbocycles. The highest BCUT2D eigenvalue weighted by Gasteiger charge is 2.28. The van der Waals surface area contributed by atoms with Crippen LogP contribution in [0.3, 0.4) is 0 Å². The summed E-state index contributed by atoms with van der Waals surface area (Å²) in [6, 6.07) is 10.3. The Morgan fingerprint density at radius 2 is 1.74 bits per heavy atom. The molecule has 166 valence electrons. The number of aromatic nitrogens is 4. The number of morpholine rings is 1. The molecular formula is C23H32N5O3+. The predicted octanol–water partition coefficient (Wildman–Crippen LogP) is 0.259. The quantitative estimate of drug-likeness (QED) is 0.614. The summed E-state index contributed by atoms with van der Waals surface area (Å²) < 4.78 is 10.6. The Morgan fingerprint density at radius 3 is 2.42 bits per heavy atom. The van der Waals surface area contributed by atoms with E-state index in [9.17, 15) is 9.59 Å². The van der Waals surface area contributed by atoms with Gasteiger partial charge in [-0.2, -0.15) is 0 Å². The first-order valence-electron chi connectivity index (χ1n) is 11.0. The molecule has 1 aliphatic rings. The summed E-state index contributed by atoms with van der Waals surface area (Å²) in [5.41, 5.74) is 1.63. The van der Waals surface area contributed by atoms with Crippen molar-refractivity contribution >= 4 is 11.2 Å². The first kappa shape index (κ1) is 21.5. The van der Waals surface area contributed by atoms with Crippen molar-refractivity contribution in [1.29, 1.82) is 0 Å². The molecule has 3 aromatic rings. The molecule has 4 rings (SSSR count). The van der Waals surface area contributed by atoms with Gasteiger partial charge in [0.25, 0.3) is 5.56 Å². The number of nitrogens with zero attached hydrogens (tertiary/aromatic N) is 4. The van der Waals surface area contributed by atoms with Gasteiger partial charge < -0.3 is 14.2 Å². The molecular weight excluding hydrogens is 394 g/mol. The van der Waals surface area contributed by atoms with Gasteiger partial charge in [-0.25, -0.2) is 9.78 Å². The third-order valence-electron chi connectivity index (χ3n) is 6.14. The lowest BCUT2D eigenvalue weighted by Crippen LogP contribution is -3.14. The normalized spacial score (nSPS) is 21.6. The monoisotopic (exact) mass is 426 g/mol. The Hall–Kier alpha value is -2.71. The summed E-state index contributed by atoms with van der Waals surface area (Å²) in [6.07, 6.45) is 2.18. The Labute approximate surface area is 181 Å². The topological polar surface area (TPSA) is 75.5 Å². The number of ether oxygens (including phenoxy) is 1. The molecule has 8 heteroatoms. The predicted molar refractivity (Wildman–Crippen MR) is 119 cm³/mol. The average Bonchev–Trinajstić information content (AvgIpc) is 3.09. The lowest BCUT2D eigenvalue weighted by Gasteiger charge is -2.32. The standard InChI is InChI=1S/C23H31N5O3/c1-16-13-27(14-17(2)31-16)15-19-24-21-20(22(29)26(4)23(30)25(21)3)28(19)12-8-11-18-9-6-5-7-10-18/h5-7,9-10,16-17H,8,11-15H2,1-4H3/p+1/t16-,17+. The number of rotatable bonds is 6. The summed E-state index contributed by atoms with van der Waals surface area (Å²) in [4.78, 5) is 31.7. The van der Waals surface area contributed by atoms with Crippen molar-refractivity contribution in [3.05, 3.63) is 62.6 Å². The van der Waals surface area contributed by atoms with Crippen molar-refractivity contribution < 1.29 is 9.64 Å². The van der Waals surface area contributed by atoms with Crippen LogP contribution in [0.4, 0.5) is 0 Å². The molecule has 3 heterocycles. The number of hydrogen-bond donors (Lipinski definition) is 1. The number of aryl methyl sites for hydroxylation is 3. The molecule has 2 aromatic heterocycles. The molecule has 1 unspecified atom stereocenters. The number of hydrogen-bond acceptors (Lipinski definition) is 4. The lowest BCUT2D eigenvalue weighted by molar-refractivity contribution is -0.929. The van der Waals surface area contributed by atoms with Gasteiger partial charge in [-0.15, -0.1) is 0 Å². The van der Waals surface area contributed by atoms with Crippen LogP contribution >= 0.6 is 0 Å². The number of quaternary nitrogens is 1. The van der Waals surface area contributed by atoms with E-state index in [1.807, 2.05) is 22.8 Å². The summed E-state index contributed by atoms with van der Waals surface area (Å²) in [5, 5.41) is 0. The van der Waals surface area contributed by atoms with Gasteiger partial charge >= 0.3 is 5.69 Å². The molecule has 8 nitrogen and oxygen atoms in total.